The van der Waals surface area contributed by atoms with Crippen molar-refractivity contribution >= 4 is 16.7 Å². The van der Waals surface area contributed by atoms with Gasteiger partial charge in [0.05, 0.1) is 0 Å². The summed E-state index contributed by atoms with van der Waals surface area (Å²) in [5.41, 5.74) is 2.16. The van der Waals surface area contributed by atoms with Gasteiger partial charge in [-0.05, 0) is 24.0 Å². The van der Waals surface area contributed by atoms with Crippen LogP contribution in [0.3, 0.4) is 0 Å². The fourth-order valence-corrected chi connectivity index (χ4v) is 3.07. The highest BCUT2D eigenvalue weighted by Gasteiger charge is 2.14. The molecule has 130 valence electrons. The van der Waals surface area contributed by atoms with Crippen molar-refractivity contribution in [1.29, 1.82) is 0 Å². The normalized spacial score (nSPS) is 12.3. The Morgan fingerprint density at radius 2 is 2.08 bits per heavy atom. The van der Waals surface area contributed by atoms with Crippen molar-refractivity contribution in [2.45, 2.75) is 39.5 Å². The van der Waals surface area contributed by atoms with Gasteiger partial charge in [-0.3, -0.25) is 9.00 Å². The van der Waals surface area contributed by atoms with E-state index in [9.17, 15) is 9.00 Å². The molecule has 1 atom stereocenters. The minimum atomic E-state index is -1.37. The number of carbonyl (C=O) groups is 1. The van der Waals surface area contributed by atoms with Crippen LogP contribution in [0.2, 0.25) is 0 Å². The van der Waals surface area contributed by atoms with Crippen LogP contribution in [-0.2, 0) is 34.3 Å². The third-order valence-corrected chi connectivity index (χ3v) is 4.57. The molecule has 0 bridgehead atoms. The number of nitrogens with one attached hydrogen (secondary N) is 1. The third kappa shape index (κ3) is 5.88. The predicted octanol–water partition coefficient (Wildman–Crippen LogP) is 2.14. The molecular formula is C17H23N3O3S. The number of nitrogens with zero attached hydrogens (tertiary/aromatic N) is 2. The van der Waals surface area contributed by atoms with Crippen LogP contribution < -0.4 is 5.32 Å². The number of rotatable bonds is 8. The molecule has 0 aliphatic carbocycles. The van der Waals surface area contributed by atoms with E-state index >= 15 is 0 Å². The van der Waals surface area contributed by atoms with Crippen LogP contribution in [0.1, 0.15) is 36.7 Å². The van der Waals surface area contributed by atoms with Crippen molar-refractivity contribution in [3.63, 3.8) is 0 Å². The first-order valence-electron chi connectivity index (χ1n) is 7.91. The molecule has 1 aromatic carbocycles. The van der Waals surface area contributed by atoms with E-state index < -0.39 is 10.8 Å². The second-order valence-corrected chi connectivity index (χ2v) is 7.59. The van der Waals surface area contributed by atoms with Gasteiger partial charge in [0.15, 0.2) is 5.82 Å². The molecule has 0 spiro atoms. The van der Waals surface area contributed by atoms with E-state index in [4.69, 9.17) is 4.52 Å². The summed E-state index contributed by atoms with van der Waals surface area (Å²) < 4.78 is 17.1. The second-order valence-electron chi connectivity index (χ2n) is 6.13. The molecule has 1 aromatic heterocycles. The van der Waals surface area contributed by atoms with Crippen molar-refractivity contribution < 1.29 is 13.5 Å². The van der Waals surface area contributed by atoms with Gasteiger partial charge in [-0.1, -0.05) is 43.3 Å². The van der Waals surface area contributed by atoms with Crippen LogP contribution in [0.25, 0.3) is 0 Å². The van der Waals surface area contributed by atoms with Gasteiger partial charge in [0.2, 0.25) is 11.8 Å². The van der Waals surface area contributed by atoms with Gasteiger partial charge in [-0.2, -0.15) is 4.98 Å². The number of aryl methyl sites for hydroxylation is 1. The SMILES string of the molecule is Cc1ccccc1CNC(=O)CS(=O)Cc1nc(CC(C)C)no1. The lowest BCUT2D eigenvalue weighted by Gasteiger charge is -2.07. The fourth-order valence-electron chi connectivity index (χ4n) is 2.19. The molecule has 0 saturated heterocycles. The Kier molecular flexibility index (Phi) is 6.66. The summed E-state index contributed by atoms with van der Waals surface area (Å²) in [7, 11) is -1.37. The minimum Gasteiger partial charge on any atom is -0.351 e. The van der Waals surface area contributed by atoms with Crippen LogP contribution >= 0.6 is 0 Å². The zero-order chi connectivity index (χ0) is 17.5. The highest BCUT2D eigenvalue weighted by atomic mass is 32.2. The number of benzene rings is 1. The second kappa shape index (κ2) is 8.73. The number of hydrogen-bond donors (Lipinski definition) is 1. The van der Waals surface area contributed by atoms with E-state index in [1.54, 1.807) is 0 Å². The topological polar surface area (TPSA) is 85.1 Å². The maximum atomic E-state index is 12.1. The first-order chi connectivity index (χ1) is 11.4. The molecule has 1 heterocycles. The summed E-state index contributed by atoms with van der Waals surface area (Å²) in [5, 5.41) is 6.64. The summed E-state index contributed by atoms with van der Waals surface area (Å²) in [5.74, 6) is 1.12. The van der Waals surface area contributed by atoms with Gasteiger partial charge in [0.25, 0.3) is 0 Å². The molecule has 6 nitrogen and oxygen atoms in total. The molecule has 2 aromatic rings. The van der Waals surface area contributed by atoms with E-state index in [0.717, 1.165) is 11.1 Å². The van der Waals surface area contributed by atoms with Crippen LogP contribution in [0.5, 0.6) is 0 Å². The highest BCUT2D eigenvalue weighted by molar-refractivity contribution is 7.84. The summed E-state index contributed by atoms with van der Waals surface area (Å²) in [4.78, 5) is 16.1. The molecule has 0 fully saturated rings. The van der Waals surface area contributed by atoms with Gasteiger partial charge in [-0.15, -0.1) is 0 Å². The van der Waals surface area contributed by atoms with Crippen molar-refractivity contribution in [3.05, 3.63) is 47.1 Å². The summed E-state index contributed by atoms with van der Waals surface area (Å²) in [6.45, 7) is 6.55. The van der Waals surface area contributed by atoms with Crippen molar-refractivity contribution in [2.75, 3.05) is 5.75 Å². The van der Waals surface area contributed by atoms with E-state index in [1.807, 2.05) is 31.2 Å². The standard InChI is InChI=1S/C17H23N3O3S/c1-12(2)8-15-19-17(23-20-15)11-24(22)10-16(21)18-9-14-7-5-4-6-13(14)3/h4-7,12H,8-11H2,1-3H3,(H,18,21). The lowest BCUT2D eigenvalue weighted by molar-refractivity contribution is -0.118. The molecular weight excluding hydrogens is 326 g/mol. The Balaban J connectivity index is 1.78. The Bertz CT molecular complexity index is 713. The summed E-state index contributed by atoms with van der Waals surface area (Å²) in [6, 6.07) is 7.83. The molecule has 7 heteroatoms. The quantitative estimate of drug-likeness (QED) is 0.789. The first kappa shape index (κ1) is 18.3. The average Bonchev–Trinajstić information content (AvgIpc) is 2.92. The number of hydrogen-bond acceptors (Lipinski definition) is 5. The van der Waals surface area contributed by atoms with E-state index in [2.05, 4.69) is 29.3 Å². The summed E-state index contributed by atoms with van der Waals surface area (Å²) in [6.07, 6.45) is 0.715. The number of aromatic nitrogens is 2. The zero-order valence-corrected chi connectivity index (χ0v) is 15.1. The third-order valence-electron chi connectivity index (χ3n) is 3.41. The molecule has 0 aliphatic heterocycles. The zero-order valence-electron chi connectivity index (χ0n) is 14.2. The van der Waals surface area contributed by atoms with Crippen molar-refractivity contribution in [2.24, 2.45) is 5.92 Å². The highest BCUT2D eigenvalue weighted by Crippen LogP contribution is 2.08. The molecule has 0 aliphatic rings. The van der Waals surface area contributed by atoms with Crippen LogP contribution in [0.4, 0.5) is 0 Å². The molecule has 0 radical (unpaired) electrons. The van der Waals surface area contributed by atoms with E-state index in [-0.39, 0.29) is 17.4 Å². The van der Waals surface area contributed by atoms with Crippen LogP contribution in [0.15, 0.2) is 28.8 Å². The van der Waals surface area contributed by atoms with E-state index in [0.29, 0.717) is 30.6 Å². The molecule has 0 saturated carbocycles. The lowest BCUT2D eigenvalue weighted by Crippen LogP contribution is -2.28. The van der Waals surface area contributed by atoms with E-state index in [1.165, 1.54) is 0 Å². The molecule has 1 unspecified atom stereocenters. The van der Waals surface area contributed by atoms with Gasteiger partial charge in [0, 0.05) is 23.8 Å². The smallest absolute Gasteiger partial charge is 0.239 e. The maximum absolute atomic E-state index is 12.1. The molecule has 24 heavy (non-hydrogen) atoms. The Morgan fingerprint density at radius 3 is 2.79 bits per heavy atom. The molecule has 2 rings (SSSR count). The monoisotopic (exact) mass is 349 g/mol. The van der Waals surface area contributed by atoms with Gasteiger partial charge < -0.3 is 9.84 Å². The Labute approximate surface area is 144 Å². The average molecular weight is 349 g/mol. The number of carbonyl (C=O) groups excluding carboxylic acids is 1. The van der Waals surface area contributed by atoms with Gasteiger partial charge in [-0.25, -0.2) is 0 Å². The van der Waals surface area contributed by atoms with Crippen molar-refractivity contribution in [1.82, 2.24) is 15.5 Å². The minimum absolute atomic E-state index is 0.0756. The fraction of sp³-hybridized carbons (Fsp3) is 0.471. The Morgan fingerprint density at radius 1 is 1.33 bits per heavy atom. The molecule has 1 N–H and O–H groups in total. The van der Waals surface area contributed by atoms with Gasteiger partial charge in [0.1, 0.15) is 11.5 Å². The summed E-state index contributed by atoms with van der Waals surface area (Å²) >= 11 is 0. The maximum Gasteiger partial charge on any atom is 0.239 e. The Hall–Kier alpha value is -2.02. The van der Waals surface area contributed by atoms with Crippen LogP contribution in [-0.4, -0.2) is 26.0 Å². The lowest BCUT2D eigenvalue weighted by atomic mass is 10.1. The van der Waals surface area contributed by atoms with Gasteiger partial charge >= 0.3 is 0 Å². The van der Waals surface area contributed by atoms with Crippen LogP contribution in [0, 0.1) is 12.8 Å². The molecule has 1 amide bonds. The predicted molar refractivity (Wildman–Crippen MR) is 92.6 cm³/mol. The number of amides is 1. The largest absolute Gasteiger partial charge is 0.351 e. The van der Waals surface area contributed by atoms with Crippen molar-refractivity contribution in [3.8, 4) is 0 Å². The first-order valence-corrected chi connectivity index (χ1v) is 9.40.